The summed E-state index contributed by atoms with van der Waals surface area (Å²) < 4.78 is 14.4. The van der Waals surface area contributed by atoms with Crippen molar-refractivity contribution in [2.75, 3.05) is 22.5 Å². The van der Waals surface area contributed by atoms with Crippen molar-refractivity contribution in [1.29, 1.82) is 0 Å². The number of nitrogens with one attached hydrogen (secondary N) is 1. The maximum atomic E-state index is 14.4. The molecule has 0 atom stereocenters. The van der Waals surface area contributed by atoms with Gasteiger partial charge < -0.3 is 27.6 Å². The van der Waals surface area contributed by atoms with E-state index in [2.05, 4.69) is 15.3 Å². The van der Waals surface area contributed by atoms with Gasteiger partial charge in [0.15, 0.2) is 11.6 Å². The van der Waals surface area contributed by atoms with E-state index in [-0.39, 0.29) is 23.2 Å². The average molecular weight is 352 g/mol. The van der Waals surface area contributed by atoms with Gasteiger partial charge in [0.1, 0.15) is 11.4 Å². The van der Waals surface area contributed by atoms with Gasteiger partial charge in [0.05, 0.1) is 0 Å². The highest BCUT2D eigenvalue weighted by Crippen LogP contribution is 2.42. The van der Waals surface area contributed by atoms with E-state index in [4.69, 9.17) is 17.2 Å². The predicted octanol–water partition coefficient (Wildman–Crippen LogP) is 2.58. The van der Waals surface area contributed by atoms with Crippen molar-refractivity contribution in [3.05, 3.63) is 47.3 Å². The molecule has 8 heteroatoms. The second kappa shape index (κ2) is 5.76. The highest BCUT2D eigenvalue weighted by molar-refractivity contribution is 5.76. The lowest BCUT2D eigenvalue weighted by Gasteiger charge is -2.13. The van der Waals surface area contributed by atoms with Crippen molar-refractivity contribution in [3.63, 3.8) is 0 Å². The summed E-state index contributed by atoms with van der Waals surface area (Å²) in [7, 11) is 0. The molecular weight excluding hydrogens is 335 g/mol. The fourth-order valence-corrected chi connectivity index (χ4v) is 3.17. The quantitative estimate of drug-likeness (QED) is 0.457. The van der Waals surface area contributed by atoms with Gasteiger partial charge in [0.25, 0.3) is 0 Å². The molecule has 132 valence electrons. The molecule has 1 aliphatic carbocycles. The number of phenolic OH excluding ortho intramolecular Hbond substituents is 1. The molecule has 0 saturated carbocycles. The molecule has 1 heterocycles. The Morgan fingerprint density at radius 2 is 1.81 bits per heavy atom. The van der Waals surface area contributed by atoms with Gasteiger partial charge in [-0.15, -0.1) is 0 Å². The molecule has 7 nitrogen and oxygen atoms in total. The predicted molar refractivity (Wildman–Crippen MR) is 99.5 cm³/mol. The van der Waals surface area contributed by atoms with Crippen LogP contribution in [0.3, 0.4) is 0 Å². The first kappa shape index (κ1) is 15.9. The second-order valence-corrected chi connectivity index (χ2v) is 6.16. The highest BCUT2D eigenvalue weighted by Gasteiger charge is 2.23. The summed E-state index contributed by atoms with van der Waals surface area (Å²) in [6.45, 7) is 0. The molecule has 0 fully saturated rings. The topological polar surface area (TPSA) is 136 Å². The number of aromatic hydroxyl groups is 1. The van der Waals surface area contributed by atoms with Gasteiger partial charge in [-0.3, -0.25) is 0 Å². The number of benzene rings is 2. The maximum absolute atomic E-state index is 14.4. The highest BCUT2D eigenvalue weighted by atomic mass is 19.1. The van der Waals surface area contributed by atoms with E-state index in [1.807, 2.05) is 0 Å². The third-order valence-electron chi connectivity index (χ3n) is 4.45. The summed E-state index contributed by atoms with van der Waals surface area (Å²) in [4.78, 5) is 8.19. The SMILES string of the molecule is Nc1cccc(-c2nc(Nc3cc(N)c4c(O)c3CC4)nc(N)c2F)c1. The third kappa shape index (κ3) is 2.52. The lowest BCUT2D eigenvalue weighted by Crippen LogP contribution is -2.07. The Morgan fingerprint density at radius 1 is 1.04 bits per heavy atom. The molecule has 1 aliphatic rings. The molecule has 3 aromatic rings. The van der Waals surface area contributed by atoms with Gasteiger partial charge in [-0.1, -0.05) is 12.1 Å². The van der Waals surface area contributed by atoms with Crippen molar-refractivity contribution in [2.24, 2.45) is 0 Å². The molecule has 0 aliphatic heterocycles. The summed E-state index contributed by atoms with van der Waals surface area (Å²) in [6, 6.07) is 8.39. The van der Waals surface area contributed by atoms with Crippen LogP contribution in [0.2, 0.25) is 0 Å². The van der Waals surface area contributed by atoms with E-state index >= 15 is 0 Å². The van der Waals surface area contributed by atoms with E-state index in [0.29, 0.717) is 35.5 Å². The van der Waals surface area contributed by atoms with E-state index in [9.17, 15) is 9.50 Å². The standard InChI is InChI=1S/C18H17FN6O/c19-14-15(8-2-1-3-9(20)6-8)24-18(25-17(14)22)23-13-7-12(21)10-4-5-11(13)16(10)26/h1-3,6-7,26H,4-5,20-21H2,(H3,22,23,24,25). The van der Waals surface area contributed by atoms with Crippen molar-refractivity contribution in [2.45, 2.75) is 12.8 Å². The van der Waals surface area contributed by atoms with Crippen LogP contribution in [-0.4, -0.2) is 15.1 Å². The smallest absolute Gasteiger partial charge is 0.229 e. The monoisotopic (exact) mass is 352 g/mol. The lowest BCUT2D eigenvalue weighted by molar-refractivity contribution is 0.472. The summed E-state index contributed by atoms with van der Waals surface area (Å²) >= 11 is 0. The van der Waals surface area contributed by atoms with Crippen molar-refractivity contribution < 1.29 is 9.50 Å². The molecule has 0 saturated heterocycles. The largest absolute Gasteiger partial charge is 0.507 e. The molecule has 0 radical (unpaired) electrons. The van der Waals surface area contributed by atoms with Crippen molar-refractivity contribution in [3.8, 4) is 17.0 Å². The fraction of sp³-hybridized carbons (Fsp3) is 0.111. The Kier molecular flexibility index (Phi) is 3.54. The normalized spacial score (nSPS) is 12.3. The number of rotatable bonds is 3. The Balaban J connectivity index is 1.78. The zero-order valence-electron chi connectivity index (χ0n) is 13.8. The Labute approximate surface area is 148 Å². The maximum Gasteiger partial charge on any atom is 0.229 e. The van der Waals surface area contributed by atoms with Gasteiger partial charge in [0, 0.05) is 33.8 Å². The first-order valence-corrected chi connectivity index (χ1v) is 8.03. The number of nitrogens with zero attached hydrogens (tertiary/aromatic N) is 2. The summed E-state index contributed by atoms with van der Waals surface area (Å²) in [5.74, 6) is -0.719. The molecule has 8 N–H and O–H groups in total. The Morgan fingerprint density at radius 3 is 2.58 bits per heavy atom. The number of hydrogen-bond acceptors (Lipinski definition) is 7. The van der Waals surface area contributed by atoms with Crippen LogP contribution in [0.1, 0.15) is 11.1 Å². The summed E-state index contributed by atoms with van der Waals surface area (Å²) in [5.41, 5.74) is 21.0. The molecule has 1 aromatic heterocycles. The number of fused-ring (bicyclic) bond motifs is 2. The summed E-state index contributed by atoms with van der Waals surface area (Å²) in [6.07, 6.45) is 1.33. The number of hydrogen-bond donors (Lipinski definition) is 5. The number of nitrogen functional groups attached to an aromatic ring is 3. The minimum absolute atomic E-state index is 0.0394. The van der Waals surface area contributed by atoms with Crippen LogP contribution >= 0.6 is 0 Å². The zero-order chi connectivity index (χ0) is 18.4. The fourth-order valence-electron chi connectivity index (χ4n) is 3.17. The van der Waals surface area contributed by atoms with Gasteiger partial charge in [-0.05, 0) is 31.0 Å². The van der Waals surface area contributed by atoms with Gasteiger partial charge in [0.2, 0.25) is 5.95 Å². The third-order valence-corrected chi connectivity index (χ3v) is 4.45. The molecule has 0 spiro atoms. The van der Waals surface area contributed by atoms with E-state index in [1.54, 1.807) is 30.3 Å². The summed E-state index contributed by atoms with van der Waals surface area (Å²) in [5, 5.41) is 13.2. The van der Waals surface area contributed by atoms with Gasteiger partial charge in [-0.2, -0.15) is 4.98 Å². The van der Waals surface area contributed by atoms with Crippen LogP contribution in [0.5, 0.6) is 5.75 Å². The van der Waals surface area contributed by atoms with E-state index < -0.39 is 5.82 Å². The molecule has 0 unspecified atom stereocenters. The number of halogens is 1. The van der Waals surface area contributed by atoms with Crippen LogP contribution in [0.25, 0.3) is 11.3 Å². The zero-order valence-corrected chi connectivity index (χ0v) is 13.8. The van der Waals surface area contributed by atoms with Crippen molar-refractivity contribution in [1.82, 2.24) is 9.97 Å². The molecule has 0 amide bonds. The van der Waals surface area contributed by atoms with Crippen LogP contribution in [0, 0.1) is 5.82 Å². The van der Waals surface area contributed by atoms with E-state index in [0.717, 1.165) is 11.1 Å². The number of phenols is 1. The van der Waals surface area contributed by atoms with Gasteiger partial charge >= 0.3 is 0 Å². The number of anilines is 5. The molecular formula is C18H17FN6O. The van der Waals surface area contributed by atoms with Crippen LogP contribution in [0.15, 0.2) is 30.3 Å². The molecule has 4 rings (SSSR count). The van der Waals surface area contributed by atoms with Gasteiger partial charge in [-0.25, -0.2) is 9.37 Å². The Bertz CT molecular complexity index is 1040. The molecule has 2 bridgehead atoms. The van der Waals surface area contributed by atoms with Crippen LogP contribution in [0.4, 0.5) is 33.2 Å². The first-order chi connectivity index (χ1) is 12.4. The Hall–Kier alpha value is -3.55. The molecule has 2 aromatic carbocycles. The first-order valence-electron chi connectivity index (χ1n) is 8.03. The van der Waals surface area contributed by atoms with Crippen LogP contribution < -0.4 is 22.5 Å². The molecule has 26 heavy (non-hydrogen) atoms. The number of nitrogens with two attached hydrogens (primary N) is 3. The van der Waals surface area contributed by atoms with Crippen molar-refractivity contribution >= 4 is 28.8 Å². The minimum Gasteiger partial charge on any atom is -0.507 e. The minimum atomic E-state index is -0.719. The number of aromatic nitrogens is 2. The second-order valence-electron chi connectivity index (χ2n) is 6.16. The van der Waals surface area contributed by atoms with Crippen LogP contribution in [-0.2, 0) is 12.8 Å². The lowest BCUT2D eigenvalue weighted by atomic mass is 10.1. The average Bonchev–Trinajstić information content (AvgIpc) is 2.90. The van der Waals surface area contributed by atoms with E-state index in [1.165, 1.54) is 0 Å².